The minimum absolute atomic E-state index is 0.491. The van der Waals surface area contributed by atoms with E-state index < -0.39 is 0 Å². The number of hydrogen-bond acceptors (Lipinski definition) is 2. The monoisotopic (exact) mass is 374 g/mol. The molecule has 0 spiro atoms. The molecule has 5 heteroatoms. The normalized spacial score (nSPS) is 16.1. The number of hydrogen-bond donors (Lipinski definition) is 3. The maximum Gasteiger partial charge on any atom is 0.171 e. The van der Waals surface area contributed by atoms with Crippen LogP contribution >= 0.6 is 23.6 Å². The molecule has 3 N–H and O–H groups in total. The third kappa shape index (κ3) is 5.03. The van der Waals surface area contributed by atoms with E-state index in [2.05, 4.69) is 66.3 Å². The Morgan fingerprint density at radius 3 is 2.48 bits per heavy atom. The minimum atomic E-state index is 0.491. The average molecular weight is 375 g/mol. The molecule has 1 aromatic heterocycles. The molecule has 0 bridgehead atoms. The van der Waals surface area contributed by atoms with Crippen LogP contribution in [0.3, 0.4) is 0 Å². The highest BCUT2D eigenvalue weighted by Crippen LogP contribution is 2.18. The molecule has 3 nitrogen and oxygen atoms in total. The summed E-state index contributed by atoms with van der Waals surface area (Å²) in [6.07, 6.45) is 2.67. The molecular weight excluding hydrogens is 346 g/mol. The summed E-state index contributed by atoms with van der Waals surface area (Å²) in [6.45, 7) is 7.83. The molecule has 2 heterocycles. The lowest BCUT2D eigenvalue weighted by Gasteiger charge is -2.24. The highest BCUT2D eigenvalue weighted by atomic mass is 32.1. The van der Waals surface area contributed by atoms with Crippen LogP contribution in [0.15, 0.2) is 41.8 Å². The van der Waals surface area contributed by atoms with Crippen LogP contribution in [0.4, 0.5) is 5.69 Å². The zero-order valence-electron chi connectivity index (χ0n) is 15.0. The smallest absolute Gasteiger partial charge is 0.171 e. The van der Waals surface area contributed by atoms with Crippen LogP contribution in [-0.2, 0) is 0 Å². The number of likely N-dealkylation sites (tertiary alicyclic amines) is 1. The van der Waals surface area contributed by atoms with Crippen molar-refractivity contribution in [2.45, 2.75) is 38.6 Å². The molecule has 134 valence electrons. The van der Waals surface area contributed by atoms with E-state index in [-0.39, 0.29) is 0 Å². The zero-order valence-corrected chi connectivity index (χ0v) is 16.7. The number of nitrogens with one attached hydrogen (secondary N) is 3. The Morgan fingerprint density at radius 2 is 1.88 bits per heavy atom. The lowest BCUT2D eigenvalue weighted by Crippen LogP contribution is -3.11. The van der Waals surface area contributed by atoms with Gasteiger partial charge in [0, 0.05) is 18.5 Å². The number of thiophene rings is 1. The van der Waals surface area contributed by atoms with E-state index >= 15 is 0 Å². The molecule has 1 fully saturated rings. The Labute approximate surface area is 160 Å². The first-order valence-electron chi connectivity index (χ1n) is 9.16. The van der Waals surface area contributed by atoms with E-state index in [1.54, 1.807) is 4.90 Å². The van der Waals surface area contributed by atoms with Gasteiger partial charge in [-0.25, -0.2) is 0 Å². The fourth-order valence-electron chi connectivity index (χ4n) is 3.43. The van der Waals surface area contributed by atoms with Crippen molar-refractivity contribution in [1.82, 2.24) is 5.32 Å². The molecule has 25 heavy (non-hydrogen) atoms. The fraction of sp³-hybridized carbons (Fsp3) is 0.450. The Morgan fingerprint density at radius 1 is 1.16 bits per heavy atom. The summed E-state index contributed by atoms with van der Waals surface area (Å²) in [4.78, 5) is 3.13. The van der Waals surface area contributed by atoms with Crippen LogP contribution in [-0.4, -0.2) is 24.7 Å². The highest BCUT2D eigenvalue weighted by molar-refractivity contribution is 7.80. The van der Waals surface area contributed by atoms with Crippen LogP contribution in [0.2, 0.25) is 0 Å². The van der Waals surface area contributed by atoms with Gasteiger partial charge in [0.2, 0.25) is 0 Å². The summed E-state index contributed by atoms with van der Waals surface area (Å²) in [6, 6.07) is 13.4. The molecule has 1 aliphatic rings. The Hall–Kier alpha value is -1.43. The first kappa shape index (κ1) is 18.4. The zero-order chi connectivity index (χ0) is 17.6. The molecule has 0 radical (unpaired) electrons. The molecule has 1 atom stereocenters. The molecule has 1 aromatic carbocycles. The predicted molar refractivity (Wildman–Crippen MR) is 112 cm³/mol. The van der Waals surface area contributed by atoms with Gasteiger partial charge in [-0.2, -0.15) is 0 Å². The van der Waals surface area contributed by atoms with Crippen molar-refractivity contribution in [2.75, 3.05) is 25.0 Å². The van der Waals surface area contributed by atoms with Gasteiger partial charge in [-0.05, 0) is 47.3 Å². The third-order valence-corrected chi connectivity index (χ3v) is 6.16. The van der Waals surface area contributed by atoms with Gasteiger partial charge in [0.25, 0.3) is 0 Å². The highest BCUT2D eigenvalue weighted by Gasteiger charge is 2.28. The summed E-state index contributed by atoms with van der Waals surface area (Å²) in [5.74, 6) is 0.550. The first-order chi connectivity index (χ1) is 12.1. The number of anilines is 1. The van der Waals surface area contributed by atoms with Gasteiger partial charge >= 0.3 is 0 Å². The van der Waals surface area contributed by atoms with Gasteiger partial charge in [0.15, 0.2) is 5.11 Å². The van der Waals surface area contributed by atoms with Gasteiger partial charge in [0.05, 0.1) is 24.5 Å². The van der Waals surface area contributed by atoms with Crippen molar-refractivity contribution in [3.05, 3.63) is 52.2 Å². The van der Waals surface area contributed by atoms with Crippen LogP contribution < -0.4 is 15.5 Å². The molecule has 0 saturated carbocycles. The van der Waals surface area contributed by atoms with E-state index in [0.717, 1.165) is 12.2 Å². The van der Waals surface area contributed by atoms with Crippen LogP contribution in [0.1, 0.15) is 49.1 Å². The van der Waals surface area contributed by atoms with Gasteiger partial charge in [-0.1, -0.05) is 32.0 Å². The molecule has 0 amide bonds. The fourth-order valence-corrected chi connectivity index (χ4v) is 4.52. The van der Waals surface area contributed by atoms with Gasteiger partial charge < -0.3 is 15.5 Å². The Kier molecular flexibility index (Phi) is 6.45. The lowest BCUT2D eigenvalue weighted by molar-refractivity contribution is -0.918. The second-order valence-electron chi connectivity index (χ2n) is 7.05. The summed E-state index contributed by atoms with van der Waals surface area (Å²) < 4.78 is 0. The number of thiocarbonyl (C=S) groups is 1. The van der Waals surface area contributed by atoms with E-state index in [9.17, 15) is 0 Å². The first-order valence-corrected chi connectivity index (χ1v) is 10.4. The van der Waals surface area contributed by atoms with Crippen molar-refractivity contribution in [1.29, 1.82) is 0 Å². The number of benzene rings is 1. The Balaban J connectivity index is 1.56. The second-order valence-corrected chi connectivity index (χ2v) is 8.43. The summed E-state index contributed by atoms with van der Waals surface area (Å²) in [5.41, 5.74) is 2.39. The number of quaternary nitrogens is 1. The van der Waals surface area contributed by atoms with Gasteiger partial charge in [-0.3, -0.25) is 0 Å². The molecule has 0 aliphatic carbocycles. The van der Waals surface area contributed by atoms with Crippen LogP contribution in [0.5, 0.6) is 0 Å². The summed E-state index contributed by atoms with van der Waals surface area (Å²) >= 11 is 7.37. The average Bonchev–Trinajstić information content (AvgIpc) is 3.29. The van der Waals surface area contributed by atoms with E-state index in [4.69, 9.17) is 12.2 Å². The van der Waals surface area contributed by atoms with Crippen molar-refractivity contribution in [2.24, 2.45) is 0 Å². The molecule has 1 saturated heterocycles. The molecular formula is C20H28N3S2+. The Bertz CT molecular complexity index is 659. The van der Waals surface area contributed by atoms with E-state index in [1.807, 2.05) is 11.3 Å². The van der Waals surface area contributed by atoms with Crippen molar-refractivity contribution < 1.29 is 4.90 Å². The predicted octanol–water partition coefficient (Wildman–Crippen LogP) is 3.58. The van der Waals surface area contributed by atoms with Crippen molar-refractivity contribution in [3.8, 4) is 0 Å². The maximum absolute atomic E-state index is 5.51. The number of rotatable bonds is 6. The quantitative estimate of drug-likeness (QED) is 0.675. The maximum atomic E-state index is 5.51. The molecule has 1 aliphatic heterocycles. The third-order valence-electron chi connectivity index (χ3n) is 4.93. The second kappa shape index (κ2) is 8.79. The van der Waals surface area contributed by atoms with Gasteiger partial charge in [-0.15, -0.1) is 11.3 Å². The molecule has 3 rings (SSSR count). The van der Waals surface area contributed by atoms with Crippen molar-refractivity contribution >= 4 is 34.4 Å². The van der Waals surface area contributed by atoms with Gasteiger partial charge in [0.1, 0.15) is 6.04 Å². The molecule has 0 unspecified atom stereocenters. The van der Waals surface area contributed by atoms with E-state index in [0.29, 0.717) is 17.1 Å². The van der Waals surface area contributed by atoms with Crippen molar-refractivity contribution in [3.63, 3.8) is 0 Å². The van der Waals surface area contributed by atoms with Crippen LogP contribution in [0.25, 0.3) is 0 Å². The topological polar surface area (TPSA) is 28.5 Å². The van der Waals surface area contributed by atoms with Crippen LogP contribution in [0, 0.1) is 0 Å². The molecule has 2 aromatic rings. The van der Waals surface area contributed by atoms with E-state index in [1.165, 1.54) is 36.4 Å². The largest absolute Gasteiger partial charge is 0.356 e. The summed E-state index contributed by atoms with van der Waals surface area (Å²) in [7, 11) is 0. The minimum Gasteiger partial charge on any atom is -0.356 e. The lowest BCUT2D eigenvalue weighted by atomic mass is 10.0. The SMILES string of the molecule is CC(C)c1ccc(NC(=S)NC[C@@H](c2cccs2)[NH+]2CCCC2)cc1. The summed E-state index contributed by atoms with van der Waals surface area (Å²) in [5, 5.41) is 9.63. The standard InChI is InChI=1S/C20H27N3S2/c1-15(2)16-7-9-17(10-8-16)22-20(24)21-14-18(19-6-5-13-25-19)23-11-3-4-12-23/h5-10,13,15,18H,3-4,11-12,14H2,1-2H3,(H2,21,22,24)/p+1/t18-/m0/s1.